The molecular formula is C15H26N4. The van der Waals surface area contributed by atoms with Crippen LogP contribution in [-0.2, 0) is 6.54 Å². The summed E-state index contributed by atoms with van der Waals surface area (Å²) in [6.45, 7) is 4.24. The average Bonchev–Trinajstić information content (AvgIpc) is 2.46. The first-order valence-corrected chi connectivity index (χ1v) is 7.49. The van der Waals surface area contributed by atoms with Gasteiger partial charge in [0, 0.05) is 24.5 Å². The maximum atomic E-state index is 4.30. The van der Waals surface area contributed by atoms with Gasteiger partial charge in [-0.2, -0.15) is 0 Å². The molecule has 1 saturated carbocycles. The molecule has 1 fully saturated rings. The Morgan fingerprint density at radius 1 is 1.21 bits per heavy atom. The van der Waals surface area contributed by atoms with Crippen LogP contribution in [0.1, 0.15) is 44.9 Å². The lowest BCUT2D eigenvalue weighted by molar-refractivity contribution is 0.164. The summed E-state index contributed by atoms with van der Waals surface area (Å²) in [6, 6.07) is 3.29. The molecule has 0 bridgehead atoms. The molecule has 19 heavy (non-hydrogen) atoms. The molecule has 0 amide bonds. The lowest BCUT2D eigenvalue weighted by atomic mass is 9.90. The van der Waals surface area contributed by atoms with E-state index >= 15 is 0 Å². The van der Waals surface area contributed by atoms with Crippen LogP contribution in [0, 0.1) is 0 Å². The Balaban J connectivity index is 1.74. The Kier molecular flexibility index (Phi) is 5.73. The van der Waals surface area contributed by atoms with Crippen molar-refractivity contribution in [2.45, 2.75) is 57.7 Å². The van der Waals surface area contributed by atoms with Crippen molar-refractivity contribution in [3.8, 4) is 0 Å². The third-order valence-electron chi connectivity index (χ3n) is 4.01. The van der Waals surface area contributed by atoms with Crippen LogP contribution in [0.5, 0.6) is 0 Å². The molecule has 1 aliphatic carbocycles. The van der Waals surface area contributed by atoms with Crippen molar-refractivity contribution >= 4 is 0 Å². The first-order valence-electron chi connectivity index (χ1n) is 7.49. The standard InChI is InChI=1S/C15H26N4/c1-3-9-16-13-5-7-14(8-6-13)19(2)12-15-17-10-4-11-18-15/h4,10-11,13-14,16H,3,5-9,12H2,1-2H3. The molecule has 0 unspecified atom stereocenters. The van der Waals surface area contributed by atoms with E-state index in [1.165, 1.54) is 32.1 Å². The molecule has 0 atom stereocenters. The second-order valence-electron chi connectivity index (χ2n) is 5.54. The van der Waals surface area contributed by atoms with Crippen molar-refractivity contribution in [3.05, 3.63) is 24.3 Å². The predicted molar refractivity (Wildman–Crippen MR) is 77.8 cm³/mol. The van der Waals surface area contributed by atoms with Gasteiger partial charge in [-0.1, -0.05) is 6.92 Å². The van der Waals surface area contributed by atoms with Crippen molar-refractivity contribution in [2.75, 3.05) is 13.6 Å². The maximum absolute atomic E-state index is 4.30. The minimum Gasteiger partial charge on any atom is -0.314 e. The van der Waals surface area contributed by atoms with Gasteiger partial charge < -0.3 is 5.32 Å². The molecule has 1 N–H and O–H groups in total. The highest BCUT2D eigenvalue weighted by Gasteiger charge is 2.23. The lowest BCUT2D eigenvalue weighted by Gasteiger charge is -2.34. The molecule has 1 aliphatic rings. The second-order valence-corrected chi connectivity index (χ2v) is 5.54. The Morgan fingerprint density at radius 3 is 2.53 bits per heavy atom. The fraction of sp³-hybridized carbons (Fsp3) is 0.733. The van der Waals surface area contributed by atoms with Crippen molar-refractivity contribution in [2.24, 2.45) is 0 Å². The minimum absolute atomic E-state index is 0.684. The van der Waals surface area contributed by atoms with E-state index in [0.29, 0.717) is 6.04 Å². The molecule has 0 aromatic carbocycles. The largest absolute Gasteiger partial charge is 0.314 e. The number of aromatic nitrogens is 2. The lowest BCUT2D eigenvalue weighted by Crippen LogP contribution is -2.40. The highest BCUT2D eigenvalue weighted by atomic mass is 15.1. The van der Waals surface area contributed by atoms with E-state index < -0.39 is 0 Å². The Labute approximate surface area is 116 Å². The highest BCUT2D eigenvalue weighted by molar-refractivity contribution is 4.90. The van der Waals surface area contributed by atoms with E-state index in [2.05, 4.69) is 34.2 Å². The number of rotatable bonds is 6. The molecule has 4 nitrogen and oxygen atoms in total. The van der Waals surface area contributed by atoms with Crippen molar-refractivity contribution < 1.29 is 0 Å². The van der Waals surface area contributed by atoms with Crippen molar-refractivity contribution in [1.29, 1.82) is 0 Å². The van der Waals surface area contributed by atoms with Crippen LogP contribution in [0.25, 0.3) is 0 Å². The summed E-state index contributed by atoms with van der Waals surface area (Å²) in [6.07, 6.45) is 10.0. The van der Waals surface area contributed by atoms with Gasteiger partial charge in [0.15, 0.2) is 0 Å². The van der Waals surface area contributed by atoms with Crippen LogP contribution in [0.4, 0.5) is 0 Å². The normalized spacial score (nSPS) is 23.7. The summed E-state index contributed by atoms with van der Waals surface area (Å²) in [7, 11) is 2.20. The van der Waals surface area contributed by atoms with Gasteiger partial charge in [0.1, 0.15) is 5.82 Å². The SMILES string of the molecule is CCCNC1CCC(N(C)Cc2ncccn2)CC1. The zero-order valence-electron chi connectivity index (χ0n) is 12.2. The van der Waals surface area contributed by atoms with E-state index in [4.69, 9.17) is 0 Å². The van der Waals surface area contributed by atoms with Gasteiger partial charge in [0.05, 0.1) is 6.54 Å². The van der Waals surface area contributed by atoms with Crippen LogP contribution in [0.2, 0.25) is 0 Å². The van der Waals surface area contributed by atoms with E-state index in [0.717, 1.165) is 25.0 Å². The minimum atomic E-state index is 0.684. The van der Waals surface area contributed by atoms with Crippen LogP contribution >= 0.6 is 0 Å². The van der Waals surface area contributed by atoms with Crippen LogP contribution in [0.3, 0.4) is 0 Å². The average molecular weight is 262 g/mol. The zero-order chi connectivity index (χ0) is 13.5. The van der Waals surface area contributed by atoms with E-state index in [-0.39, 0.29) is 0 Å². The van der Waals surface area contributed by atoms with Crippen molar-refractivity contribution in [1.82, 2.24) is 20.2 Å². The molecule has 1 aromatic rings. The van der Waals surface area contributed by atoms with Gasteiger partial charge in [-0.05, 0) is 51.8 Å². The van der Waals surface area contributed by atoms with Crippen LogP contribution < -0.4 is 5.32 Å². The number of nitrogens with one attached hydrogen (secondary N) is 1. The summed E-state index contributed by atoms with van der Waals surface area (Å²) in [5.74, 6) is 0.927. The van der Waals surface area contributed by atoms with Gasteiger partial charge in [0.2, 0.25) is 0 Å². The van der Waals surface area contributed by atoms with Gasteiger partial charge in [-0.3, -0.25) is 4.90 Å². The molecule has 0 saturated heterocycles. The van der Waals surface area contributed by atoms with E-state index in [1.807, 2.05) is 18.5 Å². The number of nitrogens with zero attached hydrogens (tertiary/aromatic N) is 3. The summed E-state index contributed by atoms with van der Waals surface area (Å²) >= 11 is 0. The molecule has 0 radical (unpaired) electrons. The molecule has 106 valence electrons. The van der Waals surface area contributed by atoms with Gasteiger partial charge >= 0.3 is 0 Å². The molecule has 4 heteroatoms. The second kappa shape index (κ2) is 7.56. The molecule has 0 aliphatic heterocycles. The molecule has 2 rings (SSSR count). The summed E-state index contributed by atoms with van der Waals surface area (Å²) in [5, 5.41) is 3.64. The Bertz CT molecular complexity index is 346. The quantitative estimate of drug-likeness (QED) is 0.853. The summed E-state index contributed by atoms with van der Waals surface area (Å²) in [5.41, 5.74) is 0. The number of hydrogen-bond donors (Lipinski definition) is 1. The fourth-order valence-electron chi connectivity index (χ4n) is 2.83. The van der Waals surface area contributed by atoms with Gasteiger partial charge in [-0.15, -0.1) is 0 Å². The predicted octanol–water partition coefficient (Wildman–Crippen LogP) is 2.22. The van der Waals surface area contributed by atoms with E-state index in [9.17, 15) is 0 Å². The third-order valence-corrected chi connectivity index (χ3v) is 4.01. The molecular weight excluding hydrogens is 236 g/mol. The van der Waals surface area contributed by atoms with E-state index in [1.54, 1.807) is 0 Å². The van der Waals surface area contributed by atoms with Crippen LogP contribution in [0.15, 0.2) is 18.5 Å². The summed E-state index contributed by atoms with van der Waals surface area (Å²) in [4.78, 5) is 11.0. The van der Waals surface area contributed by atoms with Gasteiger partial charge in [0.25, 0.3) is 0 Å². The highest BCUT2D eigenvalue weighted by Crippen LogP contribution is 2.23. The molecule has 1 heterocycles. The third kappa shape index (κ3) is 4.55. The van der Waals surface area contributed by atoms with Gasteiger partial charge in [-0.25, -0.2) is 9.97 Å². The maximum Gasteiger partial charge on any atom is 0.142 e. The smallest absolute Gasteiger partial charge is 0.142 e. The summed E-state index contributed by atoms with van der Waals surface area (Å²) < 4.78 is 0. The Morgan fingerprint density at radius 2 is 1.89 bits per heavy atom. The molecule has 1 aromatic heterocycles. The first kappa shape index (κ1) is 14.4. The fourth-order valence-corrected chi connectivity index (χ4v) is 2.83. The monoisotopic (exact) mass is 262 g/mol. The molecule has 0 spiro atoms. The topological polar surface area (TPSA) is 41.0 Å². The Hall–Kier alpha value is -1.00. The first-order chi connectivity index (χ1) is 9.29. The van der Waals surface area contributed by atoms with Crippen molar-refractivity contribution in [3.63, 3.8) is 0 Å². The zero-order valence-corrected chi connectivity index (χ0v) is 12.2. The van der Waals surface area contributed by atoms with Crippen LogP contribution in [-0.4, -0.2) is 40.5 Å². The number of hydrogen-bond acceptors (Lipinski definition) is 4.